The number of hydrogen-bond donors (Lipinski definition) is 4. The van der Waals surface area contributed by atoms with Gasteiger partial charge in [0, 0.05) is 51.0 Å². The Morgan fingerprint density at radius 2 is 0.970 bits per heavy atom. The molecule has 0 radical (unpaired) electrons. The third-order valence-electron chi connectivity index (χ3n) is 8.39. The SMILES string of the molecule is O=C(NCCNC(=O)c1cn(-c2ccccc2)nc1C(F)(F)F)c1cnc(Cl)c(Br)c1.O=C(NCCNC(=O)c1cn(-c2ccccc2)nc1C(F)(F)F)c1cnc(OCC(F)(F)F)c(Br)c1. The van der Waals surface area contributed by atoms with Crippen LogP contribution in [0.4, 0.5) is 39.5 Å². The fourth-order valence-corrected chi connectivity index (χ4v) is 6.29. The molecule has 0 saturated carbocycles. The first-order valence-corrected chi connectivity index (χ1v) is 20.7. The van der Waals surface area contributed by atoms with E-state index in [-0.39, 0.29) is 52.8 Å². The fourth-order valence-electron chi connectivity index (χ4n) is 5.37. The van der Waals surface area contributed by atoms with Crippen LogP contribution in [0, 0.1) is 0 Å². The molecule has 0 fully saturated rings. The lowest BCUT2D eigenvalue weighted by atomic mass is 10.2. The van der Waals surface area contributed by atoms with Gasteiger partial charge in [-0.05, 0) is 68.3 Å². The van der Waals surface area contributed by atoms with Crippen LogP contribution in [0.3, 0.4) is 0 Å². The van der Waals surface area contributed by atoms with E-state index in [1.807, 2.05) is 0 Å². The molecule has 0 bridgehead atoms. The molecule has 15 nitrogen and oxygen atoms in total. The number of alkyl halides is 9. The first-order valence-electron chi connectivity index (χ1n) is 18.8. The van der Waals surface area contributed by atoms with Crippen LogP contribution in [0.5, 0.6) is 5.88 Å². The molecule has 67 heavy (non-hydrogen) atoms. The molecule has 0 spiro atoms. The molecule has 0 aliphatic heterocycles. The Kier molecular flexibility index (Phi) is 17.1. The number of nitrogens with one attached hydrogen (secondary N) is 4. The number of ether oxygens (including phenoxy) is 1. The number of pyridine rings is 2. The van der Waals surface area contributed by atoms with Crippen LogP contribution in [0.15, 0.2) is 107 Å². The van der Waals surface area contributed by atoms with E-state index < -0.39 is 71.3 Å². The van der Waals surface area contributed by atoms with Crippen molar-refractivity contribution < 1.29 is 63.4 Å². The van der Waals surface area contributed by atoms with Gasteiger partial charge in [0.2, 0.25) is 5.88 Å². The predicted octanol–water partition coefficient (Wildman–Crippen LogP) is 8.01. The average Bonchev–Trinajstić information content (AvgIpc) is 3.95. The van der Waals surface area contributed by atoms with Crippen molar-refractivity contribution in [2.24, 2.45) is 0 Å². The van der Waals surface area contributed by atoms with Crippen molar-refractivity contribution in [1.29, 1.82) is 0 Å². The Labute approximate surface area is 393 Å². The lowest BCUT2D eigenvalue weighted by Gasteiger charge is -2.11. The molecule has 354 valence electrons. The number of carbonyl (C=O) groups is 4. The summed E-state index contributed by atoms with van der Waals surface area (Å²) in [4.78, 5) is 56.5. The standard InChI is InChI=1S/C21H16BrF6N5O3.C19H14BrClF3N5O2/c22-15-8-12(9-31-19(15)36-11-20(23,24)25)17(34)29-6-7-30-18(35)14-10-33(13-4-2-1-3-5-13)32-16(14)21(26,27)28;20-14-8-11(9-27-16(14)21)17(30)25-6-7-26-18(31)13-10-29(12-4-2-1-3-5-12)28-15(13)19(22,23)24/h1-5,8-10H,6-7,11H2,(H,29,34)(H,30,35);1-5,8-10H,6-7H2,(H,25,30)(H,26,31). The fraction of sp³-hybridized carbons (Fsp3) is 0.200. The Morgan fingerprint density at radius 1 is 0.582 bits per heavy atom. The molecular formula is C40H30Br2ClF9N10O5. The minimum absolute atomic E-state index is 0.00260. The third-order valence-corrected chi connectivity index (χ3v) is 10.1. The van der Waals surface area contributed by atoms with Crippen molar-refractivity contribution in [1.82, 2.24) is 50.8 Å². The molecule has 0 atom stereocenters. The van der Waals surface area contributed by atoms with Gasteiger partial charge in [-0.3, -0.25) is 19.2 Å². The zero-order valence-electron chi connectivity index (χ0n) is 33.5. The Bertz CT molecular complexity index is 2700. The van der Waals surface area contributed by atoms with Gasteiger partial charge < -0.3 is 26.0 Å². The number of aromatic nitrogens is 6. The molecule has 0 saturated heterocycles. The van der Waals surface area contributed by atoms with Gasteiger partial charge in [-0.1, -0.05) is 48.0 Å². The van der Waals surface area contributed by atoms with Gasteiger partial charge in [-0.2, -0.15) is 49.7 Å². The number of amides is 4. The lowest BCUT2D eigenvalue weighted by molar-refractivity contribution is -0.154. The zero-order chi connectivity index (χ0) is 49.1. The summed E-state index contributed by atoms with van der Waals surface area (Å²) in [5.41, 5.74) is -3.08. The maximum atomic E-state index is 13.4. The molecule has 0 aliphatic rings. The van der Waals surface area contributed by atoms with Crippen molar-refractivity contribution >= 4 is 67.1 Å². The average molecular weight is 1100 g/mol. The predicted molar refractivity (Wildman–Crippen MR) is 227 cm³/mol. The Morgan fingerprint density at radius 3 is 1.34 bits per heavy atom. The van der Waals surface area contributed by atoms with E-state index >= 15 is 0 Å². The van der Waals surface area contributed by atoms with E-state index in [1.54, 1.807) is 48.5 Å². The van der Waals surface area contributed by atoms with Crippen molar-refractivity contribution in [3.63, 3.8) is 0 Å². The van der Waals surface area contributed by atoms with E-state index in [4.69, 9.17) is 11.6 Å². The van der Waals surface area contributed by atoms with Crippen molar-refractivity contribution in [2.45, 2.75) is 18.5 Å². The van der Waals surface area contributed by atoms with Gasteiger partial charge in [0.15, 0.2) is 18.0 Å². The summed E-state index contributed by atoms with van der Waals surface area (Å²) in [6, 6.07) is 18.7. The van der Waals surface area contributed by atoms with Gasteiger partial charge in [-0.25, -0.2) is 19.3 Å². The van der Waals surface area contributed by atoms with Crippen LogP contribution in [-0.2, 0) is 12.4 Å². The molecule has 6 aromatic rings. The number of nitrogens with zero attached hydrogens (tertiary/aromatic N) is 6. The summed E-state index contributed by atoms with van der Waals surface area (Å²) in [5, 5.41) is 16.8. The van der Waals surface area contributed by atoms with E-state index in [0.29, 0.717) is 15.8 Å². The second kappa shape index (κ2) is 22.3. The molecule has 6 rings (SSSR count). The van der Waals surface area contributed by atoms with Gasteiger partial charge in [-0.15, -0.1) is 0 Å². The van der Waals surface area contributed by atoms with Gasteiger partial charge in [0.25, 0.3) is 23.6 Å². The monoisotopic (exact) mass is 1090 g/mol. The number of hydrogen-bond acceptors (Lipinski definition) is 9. The van der Waals surface area contributed by atoms with Crippen LogP contribution in [0.1, 0.15) is 52.8 Å². The summed E-state index contributed by atoms with van der Waals surface area (Å²) in [5.74, 6) is -3.54. The third kappa shape index (κ3) is 14.7. The van der Waals surface area contributed by atoms with Crippen LogP contribution in [0.2, 0.25) is 5.15 Å². The second-order valence-corrected chi connectivity index (χ2v) is 15.3. The number of carbonyl (C=O) groups excluding carboxylic acids is 4. The van der Waals surface area contributed by atoms with E-state index in [0.717, 1.165) is 28.0 Å². The molecule has 27 heteroatoms. The summed E-state index contributed by atoms with van der Waals surface area (Å²) >= 11 is 11.9. The maximum Gasteiger partial charge on any atom is 0.435 e. The van der Waals surface area contributed by atoms with Crippen LogP contribution in [0.25, 0.3) is 11.4 Å². The summed E-state index contributed by atoms with van der Waals surface area (Å²) in [6.07, 6.45) is -10.0. The second-order valence-electron chi connectivity index (χ2n) is 13.3. The van der Waals surface area contributed by atoms with Crippen molar-refractivity contribution in [2.75, 3.05) is 32.8 Å². The topological polar surface area (TPSA) is 187 Å². The summed E-state index contributed by atoms with van der Waals surface area (Å²) in [6.45, 7) is -2.06. The largest absolute Gasteiger partial charge is 0.467 e. The summed E-state index contributed by atoms with van der Waals surface area (Å²) < 4.78 is 124. The lowest BCUT2D eigenvalue weighted by Crippen LogP contribution is -2.35. The number of benzene rings is 2. The molecule has 4 N–H and O–H groups in total. The smallest absolute Gasteiger partial charge is 0.435 e. The highest BCUT2D eigenvalue weighted by molar-refractivity contribution is 9.10. The molecular weight excluding hydrogens is 1070 g/mol. The Hall–Kier alpha value is -6.54. The minimum atomic E-state index is -4.88. The molecule has 0 unspecified atom stereocenters. The molecule has 2 aromatic carbocycles. The quantitative estimate of drug-likeness (QED) is 0.0476. The zero-order valence-corrected chi connectivity index (χ0v) is 37.5. The summed E-state index contributed by atoms with van der Waals surface area (Å²) in [7, 11) is 0. The van der Waals surface area contributed by atoms with E-state index in [2.05, 4.69) is 78.0 Å². The Balaban J connectivity index is 0.000000254. The number of para-hydroxylation sites is 2. The highest BCUT2D eigenvalue weighted by Gasteiger charge is 2.40. The highest BCUT2D eigenvalue weighted by Crippen LogP contribution is 2.33. The minimum Gasteiger partial charge on any atom is -0.467 e. The highest BCUT2D eigenvalue weighted by atomic mass is 79.9. The van der Waals surface area contributed by atoms with E-state index in [9.17, 15) is 58.7 Å². The van der Waals surface area contributed by atoms with Gasteiger partial charge in [0.05, 0.1) is 42.6 Å². The molecule has 4 heterocycles. The first-order chi connectivity index (χ1) is 31.5. The number of halogens is 12. The van der Waals surface area contributed by atoms with Gasteiger partial charge >= 0.3 is 18.5 Å². The maximum absolute atomic E-state index is 13.4. The molecule has 4 amide bonds. The van der Waals surface area contributed by atoms with Crippen LogP contribution >= 0.6 is 43.5 Å². The normalized spacial score (nSPS) is 11.5. The van der Waals surface area contributed by atoms with Crippen LogP contribution < -0.4 is 26.0 Å². The molecule has 4 aromatic heterocycles. The van der Waals surface area contributed by atoms with E-state index in [1.165, 1.54) is 30.5 Å². The van der Waals surface area contributed by atoms with Crippen molar-refractivity contribution in [3.8, 4) is 17.3 Å². The van der Waals surface area contributed by atoms with Crippen molar-refractivity contribution in [3.05, 3.63) is 145 Å². The van der Waals surface area contributed by atoms with Gasteiger partial charge in [0.1, 0.15) is 5.15 Å². The first kappa shape index (κ1) is 51.4. The molecule has 0 aliphatic carbocycles. The number of rotatable bonds is 14. The van der Waals surface area contributed by atoms with Crippen LogP contribution in [-0.4, -0.2) is 92.1 Å².